The summed E-state index contributed by atoms with van der Waals surface area (Å²) in [4.78, 5) is 11.9. The first-order valence-electron chi connectivity index (χ1n) is 8.45. The second-order valence-electron chi connectivity index (χ2n) is 5.99. The molecule has 0 spiro atoms. The number of rotatable bonds is 10. The van der Waals surface area contributed by atoms with Crippen LogP contribution in [0.5, 0.6) is 5.75 Å². The number of nitrogens with one attached hydrogen (secondary N) is 2. The van der Waals surface area contributed by atoms with Crippen molar-refractivity contribution in [2.24, 2.45) is 0 Å². The molecule has 0 saturated heterocycles. The molecule has 2 rings (SSSR count). The van der Waals surface area contributed by atoms with Gasteiger partial charge in [0, 0.05) is 19.7 Å². The van der Waals surface area contributed by atoms with Gasteiger partial charge in [0.15, 0.2) is 6.61 Å². The van der Waals surface area contributed by atoms with Gasteiger partial charge >= 0.3 is 0 Å². The largest absolute Gasteiger partial charge is 0.484 e. The molecule has 2 aromatic carbocycles. The number of hydrogen-bond donors (Lipinski definition) is 2. The number of amides is 1. The first-order valence-corrected chi connectivity index (χ1v) is 9.94. The number of hydrogen-bond acceptors (Lipinski definition) is 5. The fourth-order valence-corrected chi connectivity index (χ4v) is 3.35. The molecule has 27 heavy (non-hydrogen) atoms. The molecule has 7 nitrogen and oxygen atoms in total. The molecule has 1 atom stereocenters. The molecule has 0 unspecified atom stereocenters. The Hall–Kier alpha value is -2.42. The molecule has 0 aliphatic carbocycles. The van der Waals surface area contributed by atoms with Crippen LogP contribution in [-0.4, -0.2) is 40.7 Å². The van der Waals surface area contributed by atoms with E-state index < -0.39 is 10.0 Å². The lowest BCUT2D eigenvalue weighted by Gasteiger charge is -2.13. The number of methoxy groups -OCH3 is 1. The second-order valence-corrected chi connectivity index (χ2v) is 7.76. The van der Waals surface area contributed by atoms with E-state index in [1.54, 1.807) is 7.11 Å². The van der Waals surface area contributed by atoms with Crippen LogP contribution in [0.15, 0.2) is 59.5 Å². The average molecular weight is 392 g/mol. The quantitative estimate of drug-likeness (QED) is 0.642. The van der Waals surface area contributed by atoms with Gasteiger partial charge in [-0.2, -0.15) is 0 Å². The minimum Gasteiger partial charge on any atom is -0.484 e. The van der Waals surface area contributed by atoms with Gasteiger partial charge in [-0.25, -0.2) is 13.1 Å². The van der Waals surface area contributed by atoms with Crippen molar-refractivity contribution in [1.82, 2.24) is 10.0 Å². The third-order valence-electron chi connectivity index (χ3n) is 3.64. The summed E-state index contributed by atoms with van der Waals surface area (Å²) in [6.07, 6.45) is 0. The van der Waals surface area contributed by atoms with Crippen LogP contribution in [0, 0.1) is 0 Å². The standard InChI is InChI=1S/C19H24N2O5S/c1-15(13-25-2)21-19(22)14-26-17-8-10-18(11-9-17)27(23,24)20-12-16-6-4-3-5-7-16/h3-11,15,20H,12-14H2,1-2H3,(H,21,22)/t15-/m0/s1. The van der Waals surface area contributed by atoms with Crippen molar-refractivity contribution >= 4 is 15.9 Å². The summed E-state index contributed by atoms with van der Waals surface area (Å²) in [6.45, 7) is 2.28. The summed E-state index contributed by atoms with van der Waals surface area (Å²) in [5.41, 5.74) is 0.870. The fraction of sp³-hybridized carbons (Fsp3) is 0.316. The molecule has 0 radical (unpaired) electrons. The predicted octanol–water partition coefficient (Wildman–Crippen LogP) is 1.70. The van der Waals surface area contributed by atoms with Crippen molar-refractivity contribution in [2.75, 3.05) is 20.3 Å². The van der Waals surface area contributed by atoms with Crippen molar-refractivity contribution < 1.29 is 22.7 Å². The zero-order chi connectivity index (χ0) is 19.7. The molecule has 0 aliphatic heterocycles. The highest BCUT2D eigenvalue weighted by molar-refractivity contribution is 7.89. The van der Waals surface area contributed by atoms with Crippen molar-refractivity contribution in [2.45, 2.75) is 24.4 Å². The van der Waals surface area contributed by atoms with Crippen molar-refractivity contribution in [3.05, 3.63) is 60.2 Å². The van der Waals surface area contributed by atoms with Crippen LogP contribution in [0.2, 0.25) is 0 Å². The lowest BCUT2D eigenvalue weighted by molar-refractivity contribution is -0.124. The number of ether oxygens (including phenoxy) is 2. The minimum absolute atomic E-state index is 0.116. The number of carbonyl (C=O) groups excluding carboxylic acids is 1. The van der Waals surface area contributed by atoms with E-state index in [9.17, 15) is 13.2 Å². The van der Waals surface area contributed by atoms with Gasteiger partial charge in [0.05, 0.1) is 11.5 Å². The summed E-state index contributed by atoms with van der Waals surface area (Å²) < 4.78 is 37.5. The second kappa shape index (κ2) is 10.1. The predicted molar refractivity (Wildman–Crippen MR) is 102 cm³/mol. The summed E-state index contributed by atoms with van der Waals surface area (Å²) in [7, 11) is -2.07. The van der Waals surface area contributed by atoms with Crippen LogP contribution in [-0.2, 0) is 26.1 Å². The average Bonchev–Trinajstić information content (AvgIpc) is 2.66. The van der Waals surface area contributed by atoms with Gasteiger partial charge in [-0.3, -0.25) is 4.79 Å². The molecule has 2 N–H and O–H groups in total. The Morgan fingerprint density at radius 1 is 1.07 bits per heavy atom. The Morgan fingerprint density at radius 2 is 1.74 bits per heavy atom. The fourth-order valence-electron chi connectivity index (χ4n) is 2.33. The molecule has 0 heterocycles. The summed E-state index contributed by atoms with van der Waals surface area (Å²) in [5.74, 6) is 0.132. The molecule has 0 fully saturated rings. The highest BCUT2D eigenvalue weighted by Crippen LogP contribution is 2.16. The van der Waals surface area contributed by atoms with Crippen molar-refractivity contribution in [3.63, 3.8) is 0 Å². The lowest BCUT2D eigenvalue weighted by Crippen LogP contribution is -2.38. The highest BCUT2D eigenvalue weighted by Gasteiger charge is 2.14. The highest BCUT2D eigenvalue weighted by atomic mass is 32.2. The topological polar surface area (TPSA) is 93.7 Å². The molecule has 0 saturated carbocycles. The Morgan fingerprint density at radius 3 is 2.37 bits per heavy atom. The number of carbonyl (C=O) groups is 1. The third kappa shape index (κ3) is 7.01. The maximum atomic E-state index is 12.3. The minimum atomic E-state index is -3.63. The van der Waals surface area contributed by atoms with Crippen LogP contribution < -0.4 is 14.8 Å². The molecule has 0 aromatic heterocycles. The summed E-state index contributed by atoms with van der Waals surface area (Å²) >= 11 is 0. The Bertz CT molecular complexity index is 823. The number of benzene rings is 2. The van der Waals surface area contributed by atoms with E-state index in [1.807, 2.05) is 37.3 Å². The molecule has 1 amide bonds. The summed E-state index contributed by atoms with van der Waals surface area (Å²) in [6, 6.07) is 15.1. The molecule has 146 valence electrons. The molecule has 8 heteroatoms. The van der Waals surface area contributed by atoms with E-state index in [4.69, 9.17) is 9.47 Å². The van der Waals surface area contributed by atoms with E-state index in [0.29, 0.717) is 12.4 Å². The monoisotopic (exact) mass is 392 g/mol. The molecular weight excluding hydrogens is 368 g/mol. The first kappa shape index (κ1) is 20.9. The van der Waals surface area contributed by atoms with Crippen molar-refractivity contribution in [1.29, 1.82) is 0 Å². The van der Waals surface area contributed by atoms with E-state index in [0.717, 1.165) is 5.56 Å². The third-order valence-corrected chi connectivity index (χ3v) is 5.05. The van der Waals surface area contributed by atoms with Gasteiger partial charge in [-0.1, -0.05) is 30.3 Å². The SMILES string of the molecule is COC[C@H](C)NC(=O)COc1ccc(S(=O)(=O)NCc2ccccc2)cc1. The van der Waals surface area contributed by atoms with Crippen LogP contribution in [0.3, 0.4) is 0 Å². The molecule has 0 aliphatic rings. The van der Waals surface area contributed by atoms with Crippen LogP contribution in [0.25, 0.3) is 0 Å². The lowest BCUT2D eigenvalue weighted by atomic mass is 10.2. The van der Waals surface area contributed by atoms with Crippen LogP contribution in [0.4, 0.5) is 0 Å². The van der Waals surface area contributed by atoms with Crippen LogP contribution >= 0.6 is 0 Å². The van der Waals surface area contributed by atoms with Gasteiger partial charge in [-0.05, 0) is 36.8 Å². The molecule has 2 aromatic rings. The van der Waals surface area contributed by atoms with Gasteiger partial charge < -0.3 is 14.8 Å². The maximum Gasteiger partial charge on any atom is 0.258 e. The van der Waals surface area contributed by atoms with E-state index in [1.165, 1.54) is 24.3 Å². The van der Waals surface area contributed by atoms with Crippen LogP contribution in [0.1, 0.15) is 12.5 Å². The van der Waals surface area contributed by atoms with Gasteiger partial charge in [0.25, 0.3) is 5.91 Å². The van der Waals surface area contributed by atoms with Crippen molar-refractivity contribution in [3.8, 4) is 5.75 Å². The smallest absolute Gasteiger partial charge is 0.258 e. The van der Waals surface area contributed by atoms with Gasteiger partial charge in [0.2, 0.25) is 10.0 Å². The zero-order valence-electron chi connectivity index (χ0n) is 15.3. The van der Waals surface area contributed by atoms with E-state index in [-0.39, 0.29) is 30.0 Å². The summed E-state index contributed by atoms with van der Waals surface area (Å²) in [5, 5.41) is 2.72. The van der Waals surface area contributed by atoms with Gasteiger partial charge in [-0.15, -0.1) is 0 Å². The number of sulfonamides is 1. The van der Waals surface area contributed by atoms with Gasteiger partial charge in [0.1, 0.15) is 5.75 Å². The Balaban J connectivity index is 1.87. The normalized spacial score (nSPS) is 12.4. The zero-order valence-corrected chi connectivity index (χ0v) is 16.2. The Kier molecular flexibility index (Phi) is 7.78. The van der Waals surface area contributed by atoms with E-state index in [2.05, 4.69) is 10.0 Å². The first-order chi connectivity index (χ1) is 12.9. The molecule has 0 bridgehead atoms. The molecular formula is C19H24N2O5S. The maximum absolute atomic E-state index is 12.3. The van der Waals surface area contributed by atoms with E-state index >= 15 is 0 Å². The Labute approximate surface area is 159 Å².